The second kappa shape index (κ2) is 6.89. The zero-order valence-electron chi connectivity index (χ0n) is 14.5. The Hall–Kier alpha value is -3.33. The quantitative estimate of drug-likeness (QED) is 0.501. The number of ether oxygens (including phenoxy) is 1. The highest BCUT2D eigenvalue weighted by Gasteiger charge is 2.12. The number of carbonyl (C=O) groups is 1. The van der Waals surface area contributed by atoms with E-state index in [1.807, 2.05) is 85.8 Å². The van der Waals surface area contributed by atoms with Crippen molar-refractivity contribution in [2.45, 2.75) is 13.5 Å². The van der Waals surface area contributed by atoms with Crippen molar-refractivity contribution >= 4 is 16.7 Å². The van der Waals surface area contributed by atoms with Crippen LogP contribution in [0.4, 0.5) is 0 Å². The van der Waals surface area contributed by atoms with Gasteiger partial charge in [0.15, 0.2) is 0 Å². The highest BCUT2D eigenvalue weighted by Crippen LogP contribution is 2.23. The Bertz CT molecular complexity index is 1050. The summed E-state index contributed by atoms with van der Waals surface area (Å²) in [7, 11) is 0. The van der Waals surface area contributed by atoms with Crippen LogP contribution in [0.15, 0.2) is 78.9 Å². The summed E-state index contributed by atoms with van der Waals surface area (Å²) in [6.07, 6.45) is 0. The molecule has 26 heavy (non-hydrogen) atoms. The Morgan fingerprint density at radius 3 is 2.46 bits per heavy atom. The van der Waals surface area contributed by atoms with E-state index in [0.717, 1.165) is 27.8 Å². The fourth-order valence-corrected chi connectivity index (χ4v) is 2.92. The van der Waals surface area contributed by atoms with Gasteiger partial charge in [0, 0.05) is 16.5 Å². The van der Waals surface area contributed by atoms with Crippen LogP contribution in [0.2, 0.25) is 0 Å². The lowest BCUT2D eigenvalue weighted by Gasteiger charge is -2.06. The number of aromatic amines is 1. The topological polar surface area (TPSA) is 42.1 Å². The zero-order valence-corrected chi connectivity index (χ0v) is 14.5. The van der Waals surface area contributed by atoms with Crippen LogP contribution in [0, 0.1) is 6.92 Å². The molecule has 0 aliphatic heterocycles. The number of nitrogens with one attached hydrogen (secondary N) is 1. The first-order valence-electron chi connectivity index (χ1n) is 8.60. The molecule has 1 heterocycles. The average molecular weight is 341 g/mol. The summed E-state index contributed by atoms with van der Waals surface area (Å²) in [6.45, 7) is 2.53. The molecule has 3 heteroatoms. The van der Waals surface area contributed by atoms with Crippen LogP contribution in [0.25, 0.3) is 10.9 Å². The van der Waals surface area contributed by atoms with Crippen LogP contribution in [0.3, 0.4) is 0 Å². The van der Waals surface area contributed by atoms with Crippen molar-refractivity contribution in [3.8, 4) is 5.75 Å². The molecule has 0 aliphatic rings. The fraction of sp³-hybridized carbons (Fsp3) is 0.0870. The van der Waals surface area contributed by atoms with E-state index in [2.05, 4.69) is 4.98 Å². The number of aryl methyl sites for hydroxylation is 1. The highest BCUT2D eigenvalue weighted by molar-refractivity contribution is 6.10. The van der Waals surface area contributed by atoms with Crippen LogP contribution >= 0.6 is 0 Å². The lowest BCUT2D eigenvalue weighted by molar-refractivity contribution is 0.103. The van der Waals surface area contributed by atoms with Gasteiger partial charge in [0.25, 0.3) is 0 Å². The molecule has 0 saturated heterocycles. The van der Waals surface area contributed by atoms with Gasteiger partial charge in [0.05, 0.1) is 5.69 Å². The summed E-state index contributed by atoms with van der Waals surface area (Å²) < 4.78 is 5.87. The van der Waals surface area contributed by atoms with Crippen LogP contribution in [-0.4, -0.2) is 10.8 Å². The second-order valence-corrected chi connectivity index (χ2v) is 6.40. The lowest BCUT2D eigenvalue weighted by Crippen LogP contribution is -2.01. The number of rotatable bonds is 5. The smallest absolute Gasteiger partial charge is 0.209 e. The summed E-state index contributed by atoms with van der Waals surface area (Å²) in [5.41, 5.74) is 4.45. The monoisotopic (exact) mass is 341 g/mol. The summed E-state index contributed by atoms with van der Waals surface area (Å²) >= 11 is 0. The molecule has 4 aromatic rings. The number of carbonyl (C=O) groups excluding carboxylic acids is 1. The molecule has 0 aliphatic carbocycles. The van der Waals surface area contributed by atoms with E-state index in [9.17, 15) is 4.79 Å². The summed E-state index contributed by atoms with van der Waals surface area (Å²) in [6, 6.07) is 25.4. The normalized spacial score (nSPS) is 10.8. The van der Waals surface area contributed by atoms with E-state index in [-0.39, 0.29) is 5.78 Å². The third kappa shape index (κ3) is 3.38. The molecular formula is C23H19NO2. The van der Waals surface area contributed by atoms with Crippen molar-refractivity contribution in [3.63, 3.8) is 0 Å². The molecule has 3 aromatic carbocycles. The minimum Gasteiger partial charge on any atom is -0.489 e. The van der Waals surface area contributed by atoms with Crippen molar-refractivity contribution in [2.75, 3.05) is 0 Å². The summed E-state index contributed by atoms with van der Waals surface area (Å²) in [5.74, 6) is 0.780. The van der Waals surface area contributed by atoms with Gasteiger partial charge in [-0.05, 0) is 36.8 Å². The van der Waals surface area contributed by atoms with Crippen molar-refractivity contribution in [1.82, 2.24) is 4.98 Å². The molecule has 0 atom stereocenters. The molecule has 0 bridgehead atoms. The third-order valence-corrected chi connectivity index (χ3v) is 4.40. The number of ketones is 1. The SMILES string of the molecule is Cc1ccc(C(=O)c2cc3cc(OCc4ccccc4)ccc3[nH]2)cc1. The van der Waals surface area contributed by atoms with E-state index in [1.165, 1.54) is 0 Å². The van der Waals surface area contributed by atoms with Gasteiger partial charge in [0.1, 0.15) is 12.4 Å². The van der Waals surface area contributed by atoms with Crippen LogP contribution < -0.4 is 4.74 Å². The number of hydrogen-bond donors (Lipinski definition) is 1. The maximum absolute atomic E-state index is 12.7. The van der Waals surface area contributed by atoms with Gasteiger partial charge in [0.2, 0.25) is 5.78 Å². The van der Waals surface area contributed by atoms with Gasteiger partial charge < -0.3 is 9.72 Å². The highest BCUT2D eigenvalue weighted by atomic mass is 16.5. The van der Waals surface area contributed by atoms with Crippen molar-refractivity contribution in [3.05, 3.63) is 101 Å². The minimum absolute atomic E-state index is 0.00652. The number of H-pyrrole nitrogens is 1. The number of fused-ring (bicyclic) bond motifs is 1. The largest absolute Gasteiger partial charge is 0.489 e. The summed E-state index contributed by atoms with van der Waals surface area (Å²) in [5, 5.41) is 0.964. The summed E-state index contributed by atoms with van der Waals surface area (Å²) in [4.78, 5) is 15.9. The zero-order chi connectivity index (χ0) is 17.9. The Morgan fingerprint density at radius 2 is 1.69 bits per heavy atom. The van der Waals surface area contributed by atoms with Gasteiger partial charge in [-0.2, -0.15) is 0 Å². The van der Waals surface area contributed by atoms with Crippen LogP contribution in [-0.2, 0) is 6.61 Å². The molecule has 0 unspecified atom stereocenters. The fourth-order valence-electron chi connectivity index (χ4n) is 2.92. The standard InChI is InChI=1S/C23H19NO2/c1-16-7-9-18(10-8-16)23(25)22-14-19-13-20(11-12-21(19)24-22)26-15-17-5-3-2-4-6-17/h2-14,24H,15H2,1H3. The maximum Gasteiger partial charge on any atom is 0.209 e. The van der Waals surface area contributed by atoms with Crippen molar-refractivity contribution < 1.29 is 9.53 Å². The third-order valence-electron chi connectivity index (χ3n) is 4.40. The minimum atomic E-state index is -0.00652. The predicted octanol–water partition coefficient (Wildman–Crippen LogP) is 5.29. The van der Waals surface area contributed by atoms with Gasteiger partial charge in [-0.15, -0.1) is 0 Å². The van der Waals surface area contributed by atoms with E-state index >= 15 is 0 Å². The number of benzene rings is 3. The molecule has 3 nitrogen and oxygen atoms in total. The van der Waals surface area contributed by atoms with E-state index < -0.39 is 0 Å². The van der Waals surface area contributed by atoms with Crippen molar-refractivity contribution in [1.29, 1.82) is 0 Å². The molecular weight excluding hydrogens is 322 g/mol. The van der Waals surface area contributed by atoms with E-state index in [1.54, 1.807) is 0 Å². The average Bonchev–Trinajstić information content (AvgIpc) is 3.10. The first-order chi connectivity index (χ1) is 12.7. The Labute approximate surface area is 152 Å². The molecule has 0 radical (unpaired) electrons. The molecule has 128 valence electrons. The lowest BCUT2D eigenvalue weighted by atomic mass is 10.1. The number of hydrogen-bond acceptors (Lipinski definition) is 2. The maximum atomic E-state index is 12.7. The molecule has 1 N–H and O–H groups in total. The van der Waals surface area contributed by atoms with Crippen LogP contribution in [0.1, 0.15) is 27.2 Å². The first kappa shape index (κ1) is 16.2. The van der Waals surface area contributed by atoms with Crippen LogP contribution in [0.5, 0.6) is 5.75 Å². The molecule has 0 saturated carbocycles. The van der Waals surface area contributed by atoms with E-state index in [0.29, 0.717) is 17.9 Å². The van der Waals surface area contributed by atoms with Gasteiger partial charge in [-0.1, -0.05) is 60.2 Å². The molecule has 0 fully saturated rings. The van der Waals surface area contributed by atoms with Gasteiger partial charge >= 0.3 is 0 Å². The Morgan fingerprint density at radius 1 is 0.923 bits per heavy atom. The van der Waals surface area contributed by atoms with Gasteiger partial charge in [-0.25, -0.2) is 0 Å². The van der Waals surface area contributed by atoms with E-state index in [4.69, 9.17) is 4.74 Å². The molecule has 4 rings (SSSR count). The predicted molar refractivity (Wildman–Crippen MR) is 104 cm³/mol. The van der Waals surface area contributed by atoms with Crippen molar-refractivity contribution in [2.24, 2.45) is 0 Å². The number of aromatic nitrogens is 1. The first-order valence-corrected chi connectivity index (χ1v) is 8.60. The Kier molecular flexibility index (Phi) is 4.28. The molecule has 0 spiro atoms. The molecule has 1 aromatic heterocycles. The molecule has 0 amide bonds. The Balaban J connectivity index is 1.55. The second-order valence-electron chi connectivity index (χ2n) is 6.40. The van der Waals surface area contributed by atoms with Gasteiger partial charge in [-0.3, -0.25) is 4.79 Å².